The van der Waals surface area contributed by atoms with E-state index >= 15 is 0 Å². The van der Waals surface area contributed by atoms with Crippen LogP contribution in [0.1, 0.15) is 20.8 Å². The van der Waals surface area contributed by atoms with Gasteiger partial charge in [0, 0.05) is 22.8 Å². The van der Waals surface area contributed by atoms with Gasteiger partial charge in [0.2, 0.25) is 0 Å². The minimum Gasteiger partial charge on any atom is -0.494 e. The third-order valence-electron chi connectivity index (χ3n) is 3.82. The monoisotopic (exact) mass is 378 g/mol. The molecular weight excluding hydrogens is 362 g/mol. The van der Waals surface area contributed by atoms with Crippen LogP contribution in [0.5, 0.6) is 5.75 Å². The smallest absolute Gasteiger partial charge is 0.349 e. The molecule has 0 aliphatic carbocycles. The lowest BCUT2D eigenvalue weighted by Crippen LogP contribution is -2.07. The van der Waals surface area contributed by atoms with E-state index in [1.807, 2.05) is 0 Å². The van der Waals surface area contributed by atoms with Gasteiger partial charge >= 0.3 is 5.97 Å². The number of benzene rings is 2. The molecule has 1 aromatic heterocycles. The van der Waals surface area contributed by atoms with Crippen molar-refractivity contribution in [3.05, 3.63) is 64.0 Å². The predicted octanol–water partition coefficient (Wildman–Crippen LogP) is 4.69. The first kappa shape index (κ1) is 18.3. The third kappa shape index (κ3) is 3.54. The lowest BCUT2D eigenvalue weighted by Gasteiger charge is -2.07. The average molecular weight is 378 g/mol. The number of rotatable bonds is 6. The Bertz CT molecular complexity index is 952. The van der Waals surface area contributed by atoms with Crippen molar-refractivity contribution in [2.45, 2.75) is 13.2 Å². The van der Waals surface area contributed by atoms with Crippen LogP contribution in [0, 0.1) is 11.6 Å². The van der Waals surface area contributed by atoms with Gasteiger partial charge in [0.1, 0.15) is 17.3 Å². The summed E-state index contributed by atoms with van der Waals surface area (Å²) in [5.74, 6) is -1.44. The van der Waals surface area contributed by atoms with Crippen LogP contribution >= 0.6 is 11.3 Å². The Hall–Kier alpha value is -2.51. The maximum Gasteiger partial charge on any atom is 0.349 e. The van der Waals surface area contributed by atoms with Crippen molar-refractivity contribution in [3.63, 3.8) is 0 Å². The zero-order valence-electron chi connectivity index (χ0n) is 14.2. The van der Waals surface area contributed by atoms with Crippen molar-refractivity contribution in [3.8, 4) is 5.75 Å². The standard InChI is InChI=1S/C19H16F2O4S/c1-23-10-12-17-13(20)4-3-5-16(17)26-18(12)19(22)25-9-11-6-7-15(24-2)14(21)8-11/h3-8H,9-10H2,1-2H3. The van der Waals surface area contributed by atoms with Gasteiger partial charge < -0.3 is 14.2 Å². The van der Waals surface area contributed by atoms with E-state index in [2.05, 4.69) is 0 Å². The van der Waals surface area contributed by atoms with E-state index in [0.29, 0.717) is 21.2 Å². The highest BCUT2D eigenvalue weighted by molar-refractivity contribution is 7.21. The molecule has 0 bridgehead atoms. The summed E-state index contributed by atoms with van der Waals surface area (Å²) in [5, 5.41) is 0.363. The maximum absolute atomic E-state index is 14.2. The van der Waals surface area contributed by atoms with Gasteiger partial charge in [0.25, 0.3) is 0 Å². The summed E-state index contributed by atoms with van der Waals surface area (Å²) in [7, 11) is 2.84. The van der Waals surface area contributed by atoms with E-state index in [1.165, 1.54) is 32.4 Å². The molecule has 1 heterocycles. The molecule has 3 rings (SSSR count). The molecular formula is C19H16F2O4S. The van der Waals surface area contributed by atoms with Gasteiger partial charge in [-0.3, -0.25) is 0 Å². The summed E-state index contributed by atoms with van der Waals surface area (Å²) in [6, 6.07) is 8.97. The first-order valence-electron chi connectivity index (χ1n) is 7.73. The number of hydrogen-bond acceptors (Lipinski definition) is 5. The molecule has 0 spiro atoms. The number of ether oxygens (including phenoxy) is 3. The maximum atomic E-state index is 14.2. The summed E-state index contributed by atoms with van der Waals surface area (Å²) in [5.41, 5.74) is 0.939. The number of hydrogen-bond donors (Lipinski definition) is 0. The normalized spacial score (nSPS) is 10.9. The fourth-order valence-corrected chi connectivity index (χ4v) is 3.74. The topological polar surface area (TPSA) is 44.8 Å². The quantitative estimate of drug-likeness (QED) is 0.584. The van der Waals surface area contributed by atoms with Crippen LogP contribution in [0.3, 0.4) is 0 Å². The second-order valence-electron chi connectivity index (χ2n) is 5.50. The Morgan fingerprint density at radius 3 is 2.58 bits per heavy atom. The van der Waals surface area contributed by atoms with Crippen molar-refractivity contribution in [2.75, 3.05) is 14.2 Å². The van der Waals surface area contributed by atoms with Gasteiger partial charge in [-0.15, -0.1) is 11.3 Å². The minimum atomic E-state index is -0.603. The van der Waals surface area contributed by atoms with Crippen LogP contribution in [0.4, 0.5) is 8.78 Å². The molecule has 0 atom stereocenters. The van der Waals surface area contributed by atoms with Crippen LogP contribution in [-0.4, -0.2) is 20.2 Å². The van der Waals surface area contributed by atoms with Crippen molar-refractivity contribution in [1.82, 2.24) is 0 Å². The number of carbonyl (C=O) groups is 1. The molecule has 3 aromatic rings. The highest BCUT2D eigenvalue weighted by Crippen LogP contribution is 2.34. The van der Waals surface area contributed by atoms with E-state index < -0.39 is 17.6 Å². The zero-order chi connectivity index (χ0) is 18.7. The van der Waals surface area contributed by atoms with Crippen LogP contribution < -0.4 is 4.74 Å². The molecule has 136 valence electrons. The fraction of sp³-hybridized carbons (Fsp3) is 0.211. The molecule has 0 amide bonds. The summed E-state index contributed by atoms with van der Waals surface area (Å²) in [6.07, 6.45) is 0. The van der Waals surface area contributed by atoms with E-state index in [4.69, 9.17) is 14.2 Å². The molecule has 0 unspecified atom stereocenters. The number of thiophene rings is 1. The van der Waals surface area contributed by atoms with Crippen LogP contribution in [0.2, 0.25) is 0 Å². The third-order valence-corrected chi connectivity index (χ3v) is 5.00. The van der Waals surface area contributed by atoms with Crippen LogP contribution in [-0.2, 0) is 22.7 Å². The summed E-state index contributed by atoms with van der Waals surface area (Å²) >= 11 is 1.14. The van der Waals surface area contributed by atoms with Crippen molar-refractivity contribution in [2.24, 2.45) is 0 Å². The molecule has 0 aliphatic heterocycles. The molecule has 0 N–H and O–H groups in total. The number of carbonyl (C=O) groups excluding carboxylic acids is 1. The number of halogens is 2. The summed E-state index contributed by atoms with van der Waals surface area (Å²) in [4.78, 5) is 12.8. The van der Waals surface area contributed by atoms with E-state index in [-0.39, 0.29) is 23.8 Å². The molecule has 2 aromatic carbocycles. The van der Waals surface area contributed by atoms with Gasteiger partial charge in [-0.2, -0.15) is 0 Å². The Morgan fingerprint density at radius 1 is 1.08 bits per heavy atom. The van der Waals surface area contributed by atoms with Gasteiger partial charge in [-0.25, -0.2) is 13.6 Å². The van der Waals surface area contributed by atoms with Gasteiger partial charge in [-0.1, -0.05) is 12.1 Å². The van der Waals surface area contributed by atoms with Crippen LogP contribution in [0.25, 0.3) is 10.1 Å². The van der Waals surface area contributed by atoms with Gasteiger partial charge in [-0.05, 0) is 29.8 Å². The first-order valence-corrected chi connectivity index (χ1v) is 8.55. The van der Waals surface area contributed by atoms with E-state index in [9.17, 15) is 13.6 Å². The number of fused-ring (bicyclic) bond motifs is 1. The zero-order valence-corrected chi connectivity index (χ0v) is 15.0. The lowest BCUT2D eigenvalue weighted by molar-refractivity contribution is 0.0474. The largest absolute Gasteiger partial charge is 0.494 e. The Labute approximate surface area is 152 Å². The molecule has 0 saturated heterocycles. The molecule has 0 fully saturated rings. The predicted molar refractivity (Wildman–Crippen MR) is 94.6 cm³/mol. The highest BCUT2D eigenvalue weighted by atomic mass is 32.1. The Kier molecular flexibility index (Phi) is 5.49. The molecule has 26 heavy (non-hydrogen) atoms. The molecule has 0 saturated carbocycles. The second kappa shape index (κ2) is 7.80. The molecule has 7 heteroatoms. The van der Waals surface area contributed by atoms with Gasteiger partial charge in [0.05, 0.1) is 13.7 Å². The van der Waals surface area contributed by atoms with Crippen molar-refractivity contribution < 1.29 is 27.8 Å². The van der Waals surface area contributed by atoms with E-state index in [1.54, 1.807) is 18.2 Å². The lowest BCUT2D eigenvalue weighted by atomic mass is 10.1. The summed E-state index contributed by atoms with van der Waals surface area (Å²) < 4.78 is 43.8. The van der Waals surface area contributed by atoms with Crippen molar-refractivity contribution >= 4 is 27.4 Å². The SMILES string of the molecule is COCc1c(C(=O)OCc2ccc(OC)c(F)c2)sc2cccc(F)c12. The average Bonchev–Trinajstić information content (AvgIpc) is 3.00. The highest BCUT2D eigenvalue weighted by Gasteiger charge is 2.22. The molecule has 4 nitrogen and oxygen atoms in total. The second-order valence-corrected chi connectivity index (χ2v) is 6.55. The number of esters is 1. The molecule has 0 radical (unpaired) electrons. The molecule has 0 aliphatic rings. The minimum absolute atomic E-state index is 0.0858. The fourth-order valence-electron chi connectivity index (χ4n) is 2.63. The summed E-state index contributed by atoms with van der Waals surface area (Å²) in [6.45, 7) is -0.0224. The van der Waals surface area contributed by atoms with Crippen molar-refractivity contribution in [1.29, 1.82) is 0 Å². The van der Waals surface area contributed by atoms with Crippen LogP contribution in [0.15, 0.2) is 36.4 Å². The Balaban J connectivity index is 1.84. The number of methoxy groups -OCH3 is 2. The van der Waals surface area contributed by atoms with E-state index in [0.717, 1.165) is 11.3 Å². The first-order chi connectivity index (χ1) is 12.5. The van der Waals surface area contributed by atoms with Gasteiger partial charge in [0.15, 0.2) is 11.6 Å². The Morgan fingerprint density at radius 2 is 1.88 bits per heavy atom.